The quantitative estimate of drug-likeness (QED) is 0.318. The summed E-state index contributed by atoms with van der Waals surface area (Å²) in [6.45, 7) is 4.43. The van der Waals surface area contributed by atoms with Gasteiger partial charge in [0.05, 0.1) is 24.7 Å². The average molecular weight is 434 g/mol. The zero-order chi connectivity index (χ0) is 22.5. The fourth-order valence-corrected chi connectivity index (χ4v) is 3.26. The lowest BCUT2D eigenvalue weighted by Crippen LogP contribution is -2.24. The van der Waals surface area contributed by atoms with Crippen molar-refractivity contribution in [1.82, 2.24) is 24.5 Å². The molecule has 0 aliphatic rings. The molecule has 0 saturated heterocycles. The number of anilines is 2. The average Bonchev–Trinajstić information content (AvgIpc) is 3.26. The molecular formula is C23H27N7O2. The van der Waals surface area contributed by atoms with Crippen molar-refractivity contribution < 1.29 is 10.2 Å². The van der Waals surface area contributed by atoms with Crippen molar-refractivity contribution >= 4 is 22.9 Å². The largest absolute Gasteiger partial charge is 0.394 e. The van der Waals surface area contributed by atoms with Gasteiger partial charge in [-0.15, -0.1) is 0 Å². The van der Waals surface area contributed by atoms with E-state index >= 15 is 0 Å². The Hall–Kier alpha value is -3.56. The molecule has 3 heterocycles. The van der Waals surface area contributed by atoms with Crippen LogP contribution in [0.3, 0.4) is 0 Å². The third-order valence-corrected chi connectivity index (χ3v) is 5.04. The van der Waals surface area contributed by atoms with Crippen molar-refractivity contribution in [2.24, 2.45) is 0 Å². The molecule has 9 heteroatoms. The van der Waals surface area contributed by atoms with Gasteiger partial charge in [-0.1, -0.05) is 36.4 Å². The number of fused-ring (bicyclic) bond motifs is 1. The van der Waals surface area contributed by atoms with Crippen molar-refractivity contribution in [3.8, 4) is 11.3 Å². The Bertz CT molecular complexity index is 1160. The van der Waals surface area contributed by atoms with Crippen LogP contribution < -0.4 is 10.6 Å². The molecule has 0 spiro atoms. The topological polar surface area (TPSA) is 121 Å². The number of nitrogens with one attached hydrogen (secondary N) is 2. The maximum absolute atomic E-state index is 9.65. The van der Waals surface area contributed by atoms with E-state index in [1.54, 1.807) is 6.33 Å². The number of pyridine rings is 1. The van der Waals surface area contributed by atoms with Gasteiger partial charge in [0, 0.05) is 30.9 Å². The summed E-state index contributed by atoms with van der Waals surface area (Å²) in [7, 11) is 0. The van der Waals surface area contributed by atoms with E-state index in [1.807, 2.05) is 53.2 Å². The lowest BCUT2D eigenvalue weighted by atomic mass is 10.1. The van der Waals surface area contributed by atoms with Crippen LogP contribution in [0.5, 0.6) is 0 Å². The summed E-state index contributed by atoms with van der Waals surface area (Å²) in [4.78, 5) is 18.2. The predicted octanol–water partition coefficient (Wildman–Crippen LogP) is 2.85. The number of benzene rings is 1. The van der Waals surface area contributed by atoms with Gasteiger partial charge in [-0.25, -0.2) is 4.98 Å². The van der Waals surface area contributed by atoms with Crippen LogP contribution in [0.1, 0.15) is 25.5 Å². The molecule has 0 amide bonds. The molecule has 0 bridgehead atoms. The molecule has 32 heavy (non-hydrogen) atoms. The first-order chi connectivity index (χ1) is 15.5. The second kappa shape index (κ2) is 9.71. The zero-order valence-electron chi connectivity index (χ0n) is 18.1. The van der Waals surface area contributed by atoms with E-state index in [4.69, 9.17) is 5.11 Å². The molecule has 0 fully saturated rings. The Labute approximate surface area is 186 Å². The van der Waals surface area contributed by atoms with Crippen molar-refractivity contribution in [1.29, 1.82) is 0 Å². The highest BCUT2D eigenvalue weighted by Crippen LogP contribution is 2.24. The first kappa shape index (κ1) is 21.7. The number of hydrogen-bond acceptors (Lipinski definition) is 8. The molecule has 4 aromatic rings. The molecule has 4 rings (SSSR count). The summed E-state index contributed by atoms with van der Waals surface area (Å²) < 4.78 is 1.96. The van der Waals surface area contributed by atoms with Gasteiger partial charge in [-0.05, 0) is 25.5 Å². The molecule has 9 nitrogen and oxygen atoms in total. The number of hydrogen-bond donors (Lipinski definition) is 4. The molecule has 0 unspecified atom stereocenters. The lowest BCUT2D eigenvalue weighted by Gasteiger charge is -2.13. The fraction of sp³-hybridized carbons (Fsp3) is 0.304. The molecule has 0 radical (unpaired) electrons. The van der Waals surface area contributed by atoms with Gasteiger partial charge in [0.15, 0.2) is 17.0 Å². The SMILES string of the molecule is CC(C)n1cnc2c(NCc3ccc(-c4ccccc4)nc3)nc(NC[C@H](O)CO)nc21. The Morgan fingerprint density at radius 2 is 1.81 bits per heavy atom. The van der Waals surface area contributed by atoms with Crippen molar-refractivity contribution in [2.75, 3.05) is 23.8 Å². The molecule has 0 saturated carbocycles. The smallest absolute Gasteiger partial charge is 0.226 e. The second-order valence-corrected chi connectivity index (χ2v) is 7.80. The summed E-state index contributed by atoms with van der Waals surface area (Å²) in [5, 5.41) is 25.0. The number of aliphatic hydroxyl groups excluding tert-OH is 2. The summed E-state index contributed by atoms with van der Waals surface area (Å²) in [5.74, 6) is 0.940. The third kappa shape index (κ3) is 4.84. The van der Waals surface area contributed by atoms with E-state index < -0.39 is 6.10 Å². The summed E-state index contributed by atoms with van der Waals surface area (Å²) in [6.07, 6.45) is 2.70. The van der Waals surface area contributed by atoms with Crippen LogP contribution in [-0.2, 0) is 6.54 Å². The highest BCUT2D eigenvalue weighted by atomic mass is 16.3. The fourth-order valence-electron chi connectivity index (χ4n) is 3.26. The monoisotopic (exact) mass is 433 g/mol. The van der Waals surface area contributed by atoms with Crippen molar-refractivity contribution in [3.05, 3.63) is 60.6 Å². The summed E-state index contributed by atoms with van der Waals surface area (Å²) in [5.41, 5.74) is 4.36. The molecule has 1 aromatic carbocycles. The van der Waals surface area contributed by atoms with Gasteiger partial charge in [0.1, 0.15) is 0 Å². The Kier molecular flexibility index (Phi) is 6.58. The van der Waals surface area contributed by atoms with Gasteiger partial charge in [-0.2, -0.15) is 9.97 Å². The maximum atomic E-state index is 9.65. The van der Waals surface area contributed by atoms with Crippen LogP contribution in [0.2, 0.25) is 0 Å². The number of rotatable bonds is 9. The van der Waals surface area contributed by atoms with E-state index in [2.05, 4.69) is 44.4 Å². The number of aliphatic hydroxyl groups is 2. The summed E-state index contributed by atoms with van der Waals surface area (Å²) >= 11 is 0. The standard InChI is InChI=1S/C23H27N7O2/c1-15(2)30-14-27-20-21(28-23(29-22(20)30)26-12-18(32)13-31)25-11-16-8-9-19(24-10-16)17-6-4-3-5-7-17/h3-10,14-15,18,31-32H,11-13H2,1-2H3,(H2,25,26,28,29)/t18-/m0/s1. The molecule has 166 valence electrons. The molecule has 0 aliphatic carbocycles. The van der Waals surface area contributed by atoms with Crippen molar-refractivity contribution in [2.45, 2.75) is 32.5 Å². The highest BCUT2D eigenvalue weighted by Gasteiger charge is 2.15. The van der Waals surface area contributed by atoms with E-state index in [0.717, 1.165) is 16.8 Å². The number of imidazole rings is 1. The molecular weight excluding hydrogens is 406 g/mol. The molecule has 1 atom stereocenters. The van der Waals surface area contributed by atoms with Crippen LogP contribution in [0, 0.1) is 0 Å². The first-order valence-corrected chi connectivity index (χ1v) is 10.6. The first-order valence-electron chi connectivity index (χ1n) is 10.6. The van der Waals surface area contributed by atoms with Crippen LogP contribution in [-0.4, -0.2) is 54.0 Å². The minimum absolute atomic E-state index is 0.141. The Balaban J connectivity index is 1.56. The number of aromatic nitrogens is 5. The van der Waals surface area contributed by atoms with E-state index in [-0.39, 0.29) is 19.2 Å². The maximum Gasteiger partial charge on any atom is 0.226 e. The minimum atomic E-state index is -0.894. The molecule has 0 aliphatic heterocycles. The predicted molar refractivity (Wildman–Crippen MR) is 124 cm³/mol. The van der Waals surface area contributed by atoms with Crippen LogP contribution in [0.15, 0.2) is 55.0 Å². The lowest BCUT2D eigenvalue weighted by molar-refractivity contribution is 0.105. The van der Waals surface area contributed by atoms with Gasteiger partial charge in [0.2, 0.25) is 5.95 Å². The van der Waals surface area contributed by atoms with Crippen LogP contribution in [0.4, 0.5) is 11.8 Å². The zero-order valence-corrected chi connectivity index (χ0v) is 18.1. The van der Waals surface area contributed by atoms with Gasteiger partial charge in [-0.3, -0.25) is 4.98 Å². The second-order valence-electron chi connectivity index (χ2n) is 7.80. The molecule has 3 aromatic heterocycles. The Morgan fingerprint density at radius 3 is 2.50 bits per heavy atom. The van der Waals surface area contributed by atoms with Gasteiger partial charge in [0.25, 0.3) is 0 Å². The normalized spacial score (nSPS) is 12.3. The van der Waals surface area contributed by atoms with Crippen LogP contribution in [0.25, 0.3) is 22.4 Å². The highest BCUT2D eigenvalue weighted by molar-refractivity contribution is 5.84. The van der Waals surface area contributed by atoms with Crippen LogP contribution >= 0.6 is 0 Å². The van der Waals surface area contributed by atoms with E-state index in [0.29, 0.717) is 29.5 Å². The van der Waals surface area contributed by atoms with E-state index in [1.165, 1.54) is 0 Å². The van der Waals surface area contributed by atoms with Crippen molar-refractivity contribution in [3.63, 3.8) is 0 Å². The Morgan fingerprint density at radius 1 is 1.00 bits per heavy atom. The molecule has 4 N–H and O–H groups in total. The minimum Gasteiger partial charge on any atom is -0.394 e. The number of nitrogens with zero attached hydrogens (tertiary/aromatic N) is 5. The third-order valence-electron chi connectivity index (χ3n) is 5.04. The van der Waals surface area contributed by atoms with Gasteiger partial charge >= 0.3 is 0 Å². The van der Waals surface area contributed by atoms with Gasteiger partial charge < -0.3 is 25.4 Å². The summed E-state index contributed by atoms with van der Waals surface area (Å²) in [6, 6.07) is 14.2. The van der Waals surface area contributed by atoms with E-state index in [9.17, 15) is 5.11 Å².